The number of carbonyl (C=O) groups excluding carboxylic acids is 1. The lowest BCUT2D eigenvalue weighted by Gasteiger charge is -2.34. The first kappa shape index (κ1) is 20.5. The van der Waals surface area contributed by atoms with Crippen molar-refractivity contribution in [2.45, 2.75) is 18.9 Å². The summed E-state index contributed by atoms with van der Waals surface area (Å²) >= 11 is 0. The molecule has 2 heterocycles. The number of likely N-dealkylation sites (tertiary alicyclic amines) is 1. The summed E-state index contributed by atoms with van der Waals surface area (Å²) in [6, 6.07) is 11.0. The first-order valence-electron chi connectivity index (χ1n) is 9.56. The smallest absolute Gasteiger partial charge is 0.408 e. The van der Waals surface area contributed by atoms with Gasteiger partial charge >= 0.3 is 6.09 Å². The third-order valence-corrected chi connectivity index (χ3v) is 4.94. The number of pyridine rings is 1. The fourth-order valence-corrected chi connectivity index (χ4v) is 3.15. The van der Waals surface area contributed by atoms with Crippen molar-refractivity contribution < 1.29 is 9.53 Å². The van der Waals surface area contributed by atoms with Gasteiger partial charge in [0, 0.05) is 26.2 Å². The van der Waals surface area contributed by atoms with Crippen LogP contribution in [0.25, 0.3) is 0 Å². The molecule has 9 heteroatoms. The maximum absolute atomic E-state index is 12.6. The molecule has 3 rings (SSSR count). The van der Waals surface area contributed by atoms with Gasteiger partial charge in [-0.3, -0.25) is 0 Å². The van der Waals surface area contributed by atoms with Crippen molar-refractivity contribution in [3.63, 3.8) is 0 Å². The Kier molecular flexibility index (Phi) is 6.61. The number of nitrogen functional groups attached to an aromatic ring is 1. The largest absolute Gasteiger partial charge is 0.415 e. The number of ether oxygens (including phenoxy) is 1. The monoisotopic (exact) mass is 397 g/mol. The van der Waals surface area contributed by atoms with Gasteiger partial charge in [-0.05, 0) is 51.2 Å². The molecule has 0 bridgehead atoms. The van der Waals surface area contributed by atoms with Gasteiger partial charge in [0.2, 0.25) is 0 Å². The average Bonchev–Trinajstić information content (AvgIpc) is 2.73. The highest BCUT2D eigenvalue weighted by Crippen LogP contribution is 2.31. The van der Waals surface area contributed by atoms with Crippen LogP contribution in [-0.4, -0.2) is 61.2 Å². The van der Waals surface area contributed by atoms with Gasteiger partial charge in [-0.2, -0.15) is 0 Å². The number of nitrogens with zero attached hydrogens (tertiary/aromatic N) is 5. The number of nitrogens with two attached hydrogens (primary N) is 1. The predicted molar refractivity (Wildman–Crippen MR) is 113 cm³/mol. The van der Waals surface area contributed by atoms with Crippen molar-refractivity contribution in [3.8, 4) is 5.75 Å². The molecule has 3 N–H and O–H groups in total. The van der Waals surface area contributed by atoms with Crippen LogP contribution in [0.4, 0.5) is 27.8 Å². The number of carbonyl (C=O) groups is 1. The number of para-hydroxylation sites is 1. The second kappa shape index (κ2) is 9.33. The normalized spacial score (nSPS) is 15.1. The van der Waals surface area contributed by atoms with Crippen LogP contribution < -0.4 is 15.8 Å². The number of benzene rings is 1. The van der Waals surface area contributed by atoms with Crippen LogP contribution in [0.1, 0.15) is 12.8 Å². The van der Waals surface area contributed by atoms with Crippen molar-refractivity contribution in [2.24, 2.45) is 10.2 Å². The molecule has 1 aromatic heterocycles. The maximum Gasteiger partial charge on any atom is 0.415 e. The first-order valence-corrected chi connectivity index (χ1v) is 9.56. The first-order chi connectivity index (χ1) is 14.0. The highest BCUT2D eigenvalue weighted by atomic mass is 16.6. The van der Waals surface area contributed by atoms with Crippen LogP contribution in [-0.2, 0) is 0 Å². The maximum atomic E-state index is 12.6. The van der Waals surface area contributed by atoms with Crippen LogP contribution >= 0.6 is 0 Å². The molecule has 0 saturated carbocycles. The lowest BCUT2D eigenvalue weighted by molar-refractivity contribution is 0.118. The number of hydrogen-bond acceptors (Lipinski definition) is 8. The van der Waals surface area contributed by atoms with Crippen LogP contribution in [0, 0.1) is 0 Å². The number of piperidine rings is 1. The van der Waals surface area contributed by atoms with E-state index in [1.165, 1.54) is 0 Å². The summed E-state index contributed by atoms with van der Waals surface area (Å²) in [5.41, 5.74) is 6.80. The third-order valence-electron chi connectivity index (χ3n) is 4.94. The lowest BCUT2D eigenvalue weighted by atomic mass is 10.0. The Balaban J connectivity index is 1.68. The lowest BCUT2D eigenvalue weighted by Crippen LogP contribution is -2.45. The van der Waals surface area contributed by atoms with Crippen molar-refractivity contribution in [3.05, 3.63) is 36.4 Å². The Morgan fingerprint density at radius 2 is 1.86 bits per heavy atom. The summed E-state index contributed by atoms with van der Waals surface area (Å²) in [7, 11) is 5.89. The van der Waals surface area contributed by atoms with Crippen molar-refractivity contribution in [1.29, 1.82) is 0 Å². The third kappa shape index (κ3) is 5.20. The molecule has 0 radical (unpaired) electrons. The highest BCUT2D eigenvalue weighted by molar-refractivity contribution is 5.73. The minimum absolute atomic E-state index is 0.263. The fourth-order valence-electron chi connectivity index (χ4n) is 3.15. The van der Waals surface area contributed by atoms with Gasteiger partial charge in [0.25, 0.3) is 0 Å². The summed E-state index contributed by atoms with van der Waals surface area (Å²) in [5.74, 6) is 1.27. The van der Waals surface area contributed by atoms with E-state index in [2.05, 4.69) is 39.5 Å². The minimum Gasteiger partial charge on any atom is -0.408 e. The van der Waals surface area contributed by atoms with Crippen LogP contribution in [0.5, 0.6) is 5.75 Å². The van der Waals surface area contributed by atoms with Gasteiger partial charge in [-0.1, -0.05) is 12.1 Å². The second-order valence-electron chi connectivity index (χ2n) is 7.07. The van der Waals surface area contributed by atoms with E-state index >= 15 is 0 Å². The highest BCUT2D eigenvalue weighted by Gasteiger charge is 2.25. The number of rotatable bonds is 5. The zero-order chi connectivity index (χ0) is 20.8. The van der Waals surface area contributed by atoms with E-state index in [0.717, 1.165) is 12.8 Å². The van der Waals surface area contributed by atoms with Gasteiger partial charge in [-0.15, -0.1) is 10.2 Å². The number of azo groups is 1. The van der Waals surface area contributed by atoms with E-state index in [-0.39, 0.29) is 11.9 Å². The predicted octanol–water partition coefficient (Wildman–Crippen LogP) is 3.65. The molecule has 0 spiro atoms. The van der Waals surface area contributed by atoms with Crippen molar-refractivity contribution >= 4 is 29.1 Å². The van der Waals surface area contributed by atoms with Gasteiger partial charge in [-0.25, -0.2) is 9.78 Å². The Bertz CT molecular complexity index is 877. The quantitative estimate of drug-likeness (QED) is 0.746. The van der Waals surface area contributed by atoms with E-state index < -0.39 is 0 Å². The molecule has 0 aliphatic carbocycles. The summed E-state index contributed by atoms with van der Waals surface area (Å²) in [4.78, 5) is 20.7. The molecule has 1 aromatic carbocycles. The molecular weight excluding hydrogens is 370 g/mol. The Morgan fingerprint density at radius 3 is 2.52 bits per heavy atom. The molecular formula is C20H27N7O2. The average molecular weight is 397 g/mol. The number of aromatic nitrogens is 1. The molecule has 1 fully saturated rings. The van der Waals surface area contributed by atoms with Gasteiger partial charge in [0.05, 0.1) is 0 Å². The van der Waals surface area contributed by atoms with Crippen LogP contribution in [0.15, 0.2) is 46.6 Å². The zero-order valence-electron chi connectivity index (χ0n) is 17.0. The van der Waals surface area contributed by atoms with Crippen LogP contribution in [0.3, 0.4) is 0 Å². The number of amides is 1. The zero-order valence-corrected chi connectivity index (χ0v) is 17.0. The second-order valence-corrected chi connectivity index (χ2v) is 7.07. The Morgan fingerprint density at radius 1 is 1.17 bits per heavy atom. The summed E-state index contributed by atoms with van der Waals surface area (Å²) in [6.45, 7) is 1.34. The molecule has 154 valence electrons. The number of hydrogen-bond donors (Lipinski definition) is 2. The van der Waals surface area contributed by atoms with E-state index in [0.29, 0.717) is 42.1 Å². The number of nitrogens with one attached hydrogen (secondary N) is 1. The molecule has 9 nitrogen and oxygen atoms in total. The molecule has 2 aromatic rings. The standard InChI is InChI=1S/C20H27N7O2/c1-22-18-9-8-16(19(21)23-18)25-24-15-6-4-5-7-17(15)29-20(28)27-12-10-14(11-13-27)26(2)3/h4-9,14H,10-13H2,1-3H3,(H3,21,22,23). The molecule has 1 aliphatic heterocycles. The molecule has 1 saturated heterocycles. The summed E-state index contributed by atoms with van der Waals surface area (Å²) < 4.78 is 5.60. The molecule has 0 unspecified atom stereocenters. The van der Waals surface area contributed by atoms with Crippen molar-refractivity contribution in [2.75, 3.05) is 45.3 Å². The van der Waals surface area contributed by atoms with Crippen LogP contribution in [0.2, 0.25) is 0 Å². The van der Waals surface area contributed by atoms with Crippen molar-refractivity contribution in [1.82, 2.24) is 14.8 Å². The SMILES string of the molecule is CNc1ccc(N=Nc2ccccc2OC(=O)N2CCC(N(C)C)CC2)c(N)n1. The van der Waals surface area contributed by atoms with E-state index in [4.69, 9.17) is 10.5 Å². The summed E-state index contributed by atoms with van der Waals surface area (Å²) in [6.07, 6.45) is 1.49. The molecule has 0 atom stereocenters. The van der Waals surface area contributed by atoms with Gasteiger partial charge in [0.1, 0.15) is 17.2 Å². The van der Waals surface area contributed by atoms with E-state index in [9.17, 15) is 4.79 Å². The summed E-state index contributed by atoms with van der Waals surface area (Å²) in [5, 5.41) is 11.3. The Hall–Kier alpha value is -3.20. The minimum atomic E-state index is -0.371. The fraction of sp³-hybridized carbons (Fsp3) is 0.400. The van der Waals surface area contributed by atoms with E-state index in [1.54, 1.807) is 48.3 Å². The van der Waals surface area contributed by atoms with E-state index in [1.807, 2.05) is 0 Å². The Labute approximate surface area is 170 Å². The molecule has 29 heavy (non-hydrogen) atoms. The van der Waals surface area contributed by atoms with Gasteiger partial charge < -0.3 is 25.6 Å². The molecule has 1 aliphatic rings. The number of anilines is 2. The molecule has 1 amide bonds. The topological polar surface area (TPSA) is 108 Å². The van der Waals surface area contributed by atoms with Gasteiger partial charge in [0.15, 0.2) is 11.6 Å².